The van der Waals surface area contributed by atoms with E-state index in [0.29, 0.717) is 34.4 Å². The maximum Gasteiger partial charge on any atom is 0.238 e. The molecule has 2 aromatic carbocycles. The minimum absolute atomic E-state index is 0.0161. The number of aryl methyl sites for hydroxylation is 1. The number of nitrogens with zero attached hydrogens (tertiary/aromatic N) is 4. The second-order valence-electron chi connectivity index (χ2n) is 9.51. The van der Waals surface area contributed by atoms with Crippen LogP contribution in [-0.2, 0) is 16.8 Å². The number of anilines is 1. The molecule has 176 valence electrons. The molecule has 0 spiro atoms. The Kier molecular flexibility index (Phi) is 5.18. The molecule has 1 amide bonds. The number of carbonyl (C=O) groups excluding carboxylic acids is 1. The number of carbonyl (C=O) groups is 1. The van der Waals surface area contributed by atoms with Gasteiger partial charge < -0.3 is 10.2 Å². The molecule has 0 unspecified atom stereocenters. The van der Waals surface area contributed by atoms with E-state index in [1.807, 2.05) is 46.0 Å². The summed E-state index contributed by atoms with van der Waals surface area (Å²) in [5.74, 6) is -0.393. The zero-order valence-electron chi connectivity index (χ0n) is 20.2. The lowest BCUT2D eigenvalue weighted by molar-refractivity contribution is -0.121. The van der Waals surface area contributed by atoms with Gasteiger partial charge in [0, 0.05) is 41.9 Å². The number of benzene rings is 2. The lowest BCUT2D eigenvalue weighted by atomic mass is 9.90. The molecule has 0 fully saturated rings. The minimum Gasteiger partial charge on any atom is -0.316 e. The number of pyridine rings is 1. The van der Waals surface area contributed by atoms with Gasteiger partial charge in [0.2, 0.25) is 5.91 Å². The minimum atomic E-state index is -0.695. The standard InChI is InChI=1S/C27H25FN6O/c1-14-6-15(12-30-4)7-20(28)23(14)18-10-19-21(8-16(18)11-29)32-33-24(19)17-9-22-25(31-13-17)27(2,3)26(35)34(22)5/h6-10,13,30H,12H2,1-5H3,(H,32,33). The highest BCUT2D eigenvalue weighted by atomic mass is 19.1. The lowest BCUT2D eigenvalue weighted by Crippen LogP contribution is -2.33. The van der Waals surface area contributed by atoms with Gasteiger partial charge in [-0.25, -0.2) is 4.39 Å². The van der Waals surface area contributed by atoms with Gasteiger partial charge in [0.25, 0.3) is 0 Å². The molecule has 3 heterocycles. The zero-order valence-corrected chi connectivity index (χ0v) is 20.2. The van der Waals surface area contributed by atoms with E-state index in [2.05, 4.69) is 26.6 Å². The van der Waals surface area contributed by atoms with Crippen LogP contribution in [0, 0.1) is 24.1 Å². The van der Waals surface area contributed by atoms with Crippen LogP contribution in [0.3, 0.4) is 0 Å². The van der Waals surface area contributed by atoms with Gasteiger partial charge in [0.05, 0.1) is 33.9 Å². The van der Waals surface area contributed by atoms with E-state index < -0.39 is 5.41 Å². The second kappa shape index (κ2) is 8.00. The van der Waals surface area contributed by atoms with Crippen LogP contribution < -0.4 is 10.2 Å². The Morgan fingerprint density at radius 3 is 2.69 bits per heavy atom. The molecule has 0 saturated heterocycles. The molecule has 0 bridgehead atoms. The largest absolute Gasteiger partial charge is 0.316 e. The van der Waals surface area contributed by atoms with Crippen LogP contribution >= 0.6 is 0 Å². The van der Waals surface area contributed by atoms with Gasteiger partial charge >= 0.3 is 0 Å². The van der Waals surface area contributed by atoms with Crippen molar-refractivity contribution in [2.75, 3.05) is 19.0 Å². The van der Waals surface area contributed by atoms with E-state index in [9.17, 15) is 10.1 Å². The van der Waals surface area contributed by atoms with Gasteiger partial charge in [-0.05, 0) is 63.2 Å². The quantitative estimate of drug-likeness (QED) is 0.457. The molecular formula is C27H25FN6O. The van der Waals surface area contributed by atoms with Crippen molar-refractivity contribution in [3.05, 3.63) is 64.7 Å². The number of likely N-dealkylation sites (N-methyl/N-ethyl adjacent to an activating group) is 1. The monoisotopic (exact) mass is 468 g/mol. The van der Waals surface area contributed by atoms with E-state index in [1.54, 1.807) is 24.2 Å². The van der Waals surface area contributed by atoms with Crippen molar-refractivity contribution in [3.63, 3.8) is 0 Å². The van der Waals surface area contributed by atoms with Crippen molar-refractivity contribution in [1.82, 2.24) is 20.5 Å². The normalized spacial score (nSPS) is 14.4. The summed E-state index contributed by atoms with van der Waals surface area (Å²) < 4.78 is 15.3. The average molecular weight is 469 g/mol. The van der Waals surface area contributed by atoms with Crippen LogP contribution in [0.25, 0.3) is 33.3 Å². The first-order valence-corrected chi connectivity index (χ1v) is 11.3. The summed E-state index contributed by atoms with van der Waals surface area (Å²) in [5, 5.41) is 21.1. The van der Waals surface area contributed by atoms with Crippen LogP contribution in [0.5, 0.6) is 0 Å². The highest BCUT2D eigenvalue weighted by Crippen LogP contribution is 2.42. The fourth-order valence-corrected chi connectivity index (χ4v) is 5.00. The molecule has 0 atom stereocenters. The number of hydrogen-bond donors (Lipinski definition) is 2. The first-order valence-electron chi connectivity index (χ1n) is 11.3. The topological polar surface area (TPSA) is 97.7 Å². The molecule has 8 heteroatoms. The van der Waals surface area contributed by atoms with E-state index in [1.165, 1.54) is 6.07 Å². The summed E-state index contributed by atoms with van der Waals surface area (Å²) in [5.41, 5.74) is 5.63. The van der Waals surface area contributed by atoms with Gasteiger partial charge in [-0.15, -0.1) is 0 Å². The van der Waals surface area contributed by atoms with Gasteiger partial charge in [0.1, 0.15) is 11.5 Å². The highest BCUT2D eigenvalue weighted by molar-refractivity contribution is 6.07. The van der Waals surface area contributed by atoms with E-state index >= 15 is 4.39 Å². The van der Waals surface area contributed by atoms with Gasteiger partial charge in [-0.3, -0.25) is 14.9 Å². The number of fused-ring (bicyclic) bond motifs is 2. The van der Waals surface area contributed by atoms with Gasteiger partial charge in [-0.1, -0.05) is 6.07 Å². The summed E-state index contributed by atoms with van der Waals surface area (Å²) in [7, 11) is 3.55. The third kappa shape index (κ3) is 3.39. The first kappa shape index (κ1) is 22.7. The van der Waals surface area contributed by atoms with Crippen LogP contribution in [0.2, 0.25) is 0 Å². The number of nitriles is 1. The number of H-pyrrole nitrogens is 1. The first-order chi connectivity index (χ1) is 16.7. The zero-order chi connectivity index (χ0) is 25.1. The van der Waals surface area contributed by atoms with E-state index in [0.717, 1.165) is 33.5 Å². The highest BCUT2D eigenvalue weighted by Gasteiger charge is 2.43. The lowest BCUT2D eigenvalue weighted by Gasteiger charge is -2.15. The molecule has 4 aromatic rings. The maximum absolute atomic E-state index is 15.3. The fourth-order valence-electron chi connectivity index (χ4n) is 5.00. The molecule has 2 N–H and O–H groups in total. The molecule has 1 aliphatic rings. The summed E-state index contributed by atoms with van der Waals surface area (Å²) >= 11 is 0. The molecule has 5 rings (SSSR count). The Labute approximate surface area is 202 Å². The van der Waals surface area contributed by atoms with Crippen LogP contribution in [-0.4, -0.2) is 35.2 Å². The Morgan fingerprint density at radius 1 is 1.23 bits per heavy atom. The molecule has 0 radical (unpaired) electrons. The van der Waals surface area contributed by atoms with Crippen LogP contribution in [0.15, 0.2) is 36.5 Å². The van der Waals surface area contributed by atoms with Gasteiger partial charge in [0.15, 0.2) is 0 Å². The smallest absolute Gasteiger partial charge is 0.238 e. The predicted molar refractivity (Wildman–Crippen MR) is 133 cm³/mol. The second-order valence-corrected chi connectivity index (χ2v) is 9.51. The SMILES string of the molecule is CNCc1cc(C)c(-c2cc3c(-c4cnc5c(c4)N(C)C(=O)C5(C)C)n[nH]c3cc2C#N)c(F)c1. The Morgan fingerprint density at radius 2 is 2.00 bits per heavy atom. The third-order valence-corrected chi connectivity index (χ3v) is 6.75. The Bertz CT molecular complexity index is 1540. The van der Waals surface area contributed by atoms with Crippen LogP contribution in [0.1, 0.15) is 36.2 Å². The predicted octanol–water partition coefficient (Wildman–Crippen LogP) is 4.58. The molecule has 1 aliphatic heterocycles. The number of aromatic nitrogens is 3. The molecule has 2 aromatic heterocycles. The molecule has 7 nitrogen and oxygen atoms in total. The fraction of sp³-hybridized carbons (Fsp3) is 0.259. The van der Waals surface area contributed by atoms with Gasteiger partial charge in [-0.2, -0.15) is 10.4 Å². The number of rotatable bonds is 4. The summed E-state index contributed by atoms with van der Waals surface area (Å²) in [6, 6.07) is 11.0. The molecular weight excluding hydrogens is 443 g/mol. The average Bonchev–Trinajstić information content (AvgIpc) is 3.31. The van der Waals surface area contributed by atoms with Crippen molar-refractivity contribution >= 4 is 22.5 Å². The Hall–Kier alpha value is -4.09. The van der Waals surface area contributed by atoms with E-state index in [-0.39, 0.29) is 11.7 Å². The molecule has 35 heavy (non-hydrogen) atoms. The number of nitrogens with one attached hydrogen (secondary N) is 2. The van der Waals surface area contributed by atoms with Crippen molar-refractivity contribution in [2.45, 2.75) is 32.7 Å². The van der Waals surface area contributed by atoms with Crippen molar-refractivity contribution in [3.8, 4) is 28.5 Å². The summed E-state index contributed by atoms with van der Waals surface area (Å²) in [6.07, 6.45) is 1.71. The van der Waals surface area contributed by atoms with E-state index in [4.69, 9.17) is 0 Å². The summed E-state index contributed by atoms with van der Waals surface area (Å²) in [6.45, 7) is 6.12. The van der Waals surface area contributed by atoms with Crippen molar-refractivity contribution < 1.29 is 9.18 Å². The van der Waals surface area contributed by atoms with Crippen molar-refractivity contribution in [1.29, 1.82) is 5.26 Å². The molecule has 0 aliphatic carbocycles. The third-order valence-electron chi connectivity index (χ3n) is 6.75. The molecule has 0 saturated carbocycles. The van der Waals surface area contributed by atoms with Crippen LogP contribution in [0.4, 0.5) is 10.1 Å². The summed E-state index contributed by atoms with van der Waals surface area (Å²) in [4.78, 5) is 18.9. The number of aromatic amines is 1. The number of hydrogen-bond acceptors (Lipinski definition) is 5. The maximum atomic E-state index is 15.3. The number of amides is 1. The number of halogens is 1. The Balaban J connectivity index is 1.69. The van der Waals surface area contributed by atoms with Crippen molar-refractivity contribution in [2.24, 2.45) is 0 Å².